The number of hydrogen-bond acceptors (Lipinski definition) is 3. The number of halogens is 1. The highest BCUT2D eigenvalue weighted by Crippen LogP contribution is 2.11. The van der Waals surface area contributed by atoms with E-state index >= 15 is 0 Å². The third kappa shape index (κ3) is 7.17. The predicted octanol–water partition coefficient (Wildman–Crippen LogP) is 3.18. The standard InChI is InChI=1S/C12H11BrO.CO2/c1-2-3-4-5-12(14)10-6-8-11(13)9-7-10;2-1-3/h2-9H,1H3;/b3-2-,5-4+;. The summed E-state index contributed by atoms with van der Waals surface area (Å²) in [5.41, 5.74) is 0.703. The molecule has 17 heavy (non-hydrogen) atoms. The number of allylic oxidation sites excluding steroid dienone is 4. The first-order valence-electron chi connectivity index (χ1n) is 4.74. The summed E-state index contributed by atoms with van der Waals surface area (Å²) in [6.45, 7) is 1.91. The van der Waals surface area contributed by atoms with Gasteiger partial charge in [-0.1, -0.05) is 34.2 Å². The summed E-state index contributed by atoms with van der Waals surface area (Å²) in [7, 11) is 0. The maximum atomic E-state index is 11.5. The van der Waals surface area contributed by atoms with Crippen LogP contribution in [0.15, 0.2) is 53.0 Å². The molecule has 0 aliphatic heterocycles. The summed E-state index contributed by atoms with van der Waals surface area (Å²) in [5.74, 6) is 0.0237. The van der Waals surface area contributed by atoms with Crippen LogP contribution in [0.3, 0.4) is 0 Å². The first-order valence-corrected chi connectivity index (χ1v) is 5.53. The quantitative estimate of drug-likeness (QED) is 0.489. The monoisotopic (exact) mass is 294 g/mol. The molecule has 88 valence electrons. The minimum atomic E-state index is 0.0237. The Morgan fingerprint density at radius 2 is 1.71 bits per heavy atom. The van der Waals surface area contributed by atoms with Crippen molar-refractivity contribution in [2.24, 2.45) is 0 Å². The summed E-state index contributed by atoms with van der Waals surface area (Å²) in [5, 5.41) is 0. The van der Waals surface area contributed by atoms with E-state index in [1.54, 1.807) is 24.3 Å². The summed E-state index contributed by atoms with van der Waals surface area (Å²) in [4.78, 5) is 27.7. The summed E-state index contributed by atoms with van der Waals surface area (Å²) in [6, 6.07) is 7.31. The molecule has 0 aliphatic carbocycles. The van der Waals surface area contributed by atoms with Gasteiger partial charge in [0.05, 0.1) is 0 Å². The van der Waals surface area contributed by atoms with Crippen LogP contribution in [0.4, 0.5) is 0 Å². The largest absolute Gasteiger partial charge is 0.373 e. The van der Waals surface area contributed by atoms with Gasteiger partial charge in [-0.2, -0.15) is 9.59 Å². The third-order valence-corrected chi connectivity index (χ3v) is 2.21. The molecular weight excluding hydrogens is 284 g/mol. The van der Waals surface area contributed by atoms with Crippen LogP contribution in [0.2, 0.25) is 0 Å². The van der Waals surface area contributed by atoms with Crippen LogP contribution in [0.1, 0.15) is 17.3 Å². The fourth-order valence-electron chi connectivity index (χ4n) is 0.964. The van der Waals surface area contributed by atoms with Crippen LogP contribution < -0.4 is 0 Å². The summed E-state index contributed by atoms with van der Waals surface area (Å²) in [6.07, 6.45) is 7.26. The minimum absolute atomic E-state index is 0.0237. The molecule has 0 fully saturated rings. The molecule has 0 radical (unpaired) electrons. The second kappa shape index (κ2) is 9.46. The molecule has 0 bridgehead atoms. The van der Waals surface area contributed by atoms with Gasteiger partial charge >= 0.3 is 6.15 Å². The Bertz CT molecular complexity index is 438. The molecule has 0 spiro atoms. The van der Waals surface area contributed by atoms with Gasteiger partial charge in [0, 0.05) is 10.0 Å². The first-order chi connectivity index (χ1) is 8.15. The number of hydrogen-bond donors (Lipinski definition) is 0. The van der Waals surface area contributed by atoms with Crippen molar-refractivity contribution in [2.45, 2.75) is 6.92 Å². The van der Waals surface area contributed by atoms with Crippen molar-refractivity contribution in [3.8, 4) is 0 Å². The maximum Gasteiger partial charge on any atom is 0.373 e. The zero-order valence-corrected chi connectivity index (χ0v) is 10.8. The Morgan fingerprint density at radius 1 is 1.18 bits per heavy atom. The SMILES string of the molecule is C/C=C\C=C\C(=O)c1ccc(Br)cc1.O=C=O. The van der Waals surface area contributed by atoms with E-state index in [4.69, 9.17) is 9.59 Å². The van der Waals surface area contributed by atoms with E-state index in [1.807, 2.05) is 31.2 Å². The van der Waals surface area contributed by atoms with Crippen molar-refractivity contribution in [3.63, 3.8) is 0 Å². The van der Waals surface area contributed by atoms with E-state index in [2.05, 4.69) is 15.9 Å². The van der Waals surface area contributed by atoms with Crippen molar-refractivity contribution in [2.75, 3.05) is 0 Å². The highest BCUT2D eigenvalue weighted by molar-refractivity contribution is 9.10. The minimum Gasteiger partial charge on any atom is -0.289 e. The summed E-state index contributed by atoms with van der Waals surface area (Å²) < 4.78 is 0.978. The molecular formula is C13H11BrO3. The molecule has 0 heterocycles. The van der Waals surface area contributed by atoms with Gasteiger partial charge in [0.25, 0.3) is 0 Å². The molecule has 0 unspecified atom stereocenters. The smallest absolute Gasteiger partial charge is 0.289 e. The zero-order valence-electron chi connectivity index (χ0n) is 9.22. The Morgan fingerprint density at radius 3 is 2.18 bits per heavy atom. The van der Waals surface area contributed by atoms with Crippen molar-refractivity contribution < 1.29 is 14.4 Å². The molecule has 0 saturated carbocycles. The number of carbonyl (C=O) groups excluding carboxylic acids is 3. The van der Waals surface area contributed by atoms with Gasteiger partial charge < -0.3 is 0 Å². The maximum absolute atomic E-state index is 11.5. The molecule has 1 aromatic carbocycles. The molecule has 4 heteroatoms. The van der Waals surface area contributed by atoms with Gasteiger partial charge in [0.2, 0.25) is 0 Å². The van der Waals surface area contributed by atoms with Gasteiger partial charge in [-0.05, 0) is 37.3 Å². The Kier molecular flexibility index (Phi) is 8.47. The van der Waals surface area contributed by atoms with Gasteiger partial charge in [-0.25, -0.2) is 0 Å². The lowest BCUT2D eigenvalue weighted by Crippen LogP contribution is -1.92. The van der Waals surface area contributed by atoms with Gasteiger partial charge in [0.15, 0.2) is 5.78 Å². The van der Waals surface area contributed by atoms with Crippen molar-refractivity contribution in [3.05, 3.63) is 58.6 Å². The molecule has 0 saturated heterocycles. The van der Waals surface area contributed by atoms with E-state index in [9.17, 15) is 4.79 Å². The second-order valence-corrected chi connectivity index (χ2v) is 3.76. The van der Waals surface area contributed by atoms with Crippen LogP contribution in [-0.4, -0.2) is 11.9 Å². The lowest BCUT2D eigenvalue weighted by atomic mass is 10.1. The lowest BCUT2D eigenvalue weighted by molar-refractivity contribution is -0.191. The number of carbonyl (C=O) groups is 1. The normalized spacial score (nSPS) is 9.76. The van der Waals surface area contributed by atoms with Gasteiger partial charge in [-0.15, -0.1) is 0 Å². The summed E-state index contributed by atoms with van der Waals surface area (Å²) >= 11 is 3.32. The fraction of sp³-hybridized carbons (Fsp3) is 0.0769. The van der Waals surface area contributed by atoms with Crippen molar-refractivity contribution >= 4 is 27.9 Å². The van der Waals surface area contributed by atoms with Crippen LogP contribution in [0.25, 0.3) is 0 Å². The molecule has 0 N–H and O–H groups in total. The van der Waals surface area contributed by atoms with Crippen LogP contribution in [0, 0.1) is 0 Å². The van der Waals surface area contributed by atoms with E-state index < -0.39 is 0 Å². The molecule has 0 atom stereocenters. The van der Waals surface area contributed by atoms with Crippen LogP contribution in [-0.2, 0) is 9.59 Å². The Balaban J connectivity index is 0.000000770. The highest BCUT2D eigenvalue weighted by Gasteiger charge is 1.99. The number of rotatable bonds is 3. The predicted molar refractivity (Wildman–Crippen MR) is 67.4 cm³/mol. The van der Waals surface area contributed by atoms with E-state index in [0.29, 0.717) is 5.56 Å². The Labute approximate surface area is 108 Å². The average Bonchev–Trinajstić information content (AvgIpc) is 2.31. The average molecular weight is 295 g/mol. The van der Waals surface area contributed by atoms with E-state index in [1.165, 1.54) is 0 Å². The van der Waals surface area contributed by atoms with E-state index in [0.717, 1.165) is 4.47 Å². The molecule has 1 rings (SSSR count). The fourth-order valence-corrected chi connectivity index (χ4v) is 1.23. The number of ketones is 1. The highest BCUT2D eigenvalue weighted by atomic mass is 79.9. The Hall–Kier alpha value is -1.77. The zero-order chi connectivity index (χ0) is 13.1. The van der Waals surface area contributed by atoms with Gasteiger partial charge in [-0.3, -0.25) is 4.79 Å². The first kappa shape index (κ1) is 15.2. The lowest BCUT2D eigenvalue weighted by Gasteiger charge is -1.94. The molecule has 1 aromatic rings. The van der Waals surface area contributed by atoms with E-state index in [-0.39, 0.29) is 11.9 Å². The topological polar surface area (TPSA) is 51.2 Å². The third-order valence-electron chi connectivity index (χ3n) is 1.68. The molecule has 3 nitrogen and oxygen atoms in total. The number of benzene rings is 1. The molecule has 0 amide bonds. The van der Waals surface area contributed by atoms with Crippen molar-refractivity contribution in [1.29, 1.82) is 0 Å². The molecule has 0 aromatic heterocycles. The van der Waals surface area contributed by atoms with Crippen LogP contribution >= 0.6 is 15.9 Å². The van der Waals surface area contributed by atoms with Gasteiger partial charge in [0.1, 0.15) is 0 Å². The second-order valence-electron chi connectivity index (χ2n) is 2.84. The van der Waals surface area contributed by atoms with Crippen molar-refractivity contribution in [1.82, 2.24) is 0 Å². The van der Waals surface area contributed by atoms with Crippen LogP contribution in [0.5, 0.6) is 0 Å². The molecule has 0 aliphatic rings.